The lowest BCUT2D eigenvalue weighted by Crippen LogP contribution is -2.33. The highest BCUT2D eigenvalue weighted by Gasteiger charge is 2.24. The lowest BCUT2D eigenvalue weighted by atomic mass is 9.99. The zero-order valence-electron chi connectivity index (χ0n) is 25.8. The van der Waals surface area contributed by atoms with Crippen LogP contribution in [0.4, 0.5) is 0 Å². The Kier molecular flexibility index (Phi) is 5.87. The molecule has 3 heterocycles. The van der Waals surface area contributed by atoms with Gasteiger partial charge in [0.05, 0.1) is 16.4 Å². The highest BCUT2D eigenvalue weighted by molar-refractivity contribution is 6.35. The Labute approximate surface area is 276 Å². The fourth-order valence-electron chi connectivity index (χ4n) is 7.28. The molecule has 0 fully saturated rings. The van der Waals surface area contributed by atoms with Crippen molar-refractivity contribution in [3.05, 3.63) is 174 Å². The van der Waals surface area contributed by atoms with Crippen molar-refractivity contribution in [3.63, 3.8) is 0 Å². The van der Waals surface area contributed by atoms with E-state index in [1.807, 2.05) is 42.5 Å². The van der Waals surface area contributed by atoms with E-state index in [0.717, 1.165) is 72.0 Å². The summed E-state index contributed by atoms with van der Waals surface area (Å²) in [5, 5.41) is 10.5. The van der Waals surface area contributed by atoms with E-state index in [-0.39, 0.29) is 6.17 Å². The van der Waals surface area contributed by atoms with Gasteiger partial charge in [-0.15, -0.1) is 0 Å². The molecule has 226 valence electrons. The second-order valence-corrected chi connectivity index (χ2v) is 12.2. The second kappa shape index (κ2) is 10.5. The molecule has 0 radical (unpaired) electrons. The van der Waals surface area contributed by atoms with E-state index < -0.39 is 0 Å². The SMILES string of the molecule is c1ccc(C2=NC(c3ccc(-n4c5ccccc5c5c6oc7ccccc7c6c6ccccc6c54)cc3)=NC(c3ccccc3)N2)cc1. The molecule has 5 nitrogen and oxygen atoms in total. The largest absolute Gasteiger partial charge is 0.455 e. The molecule has 2 aromatic heterocycles. The third-order valence-electron chi connectivity index (χ3n) is 9.44. The van der Waals surface area contributed by atoms with Gasteiger partial charge in [0.25, 0.3) is 0 Å². The van der Waals surface area contributed by atoms with Gasteiger partial charge >= 0.3 is 0 Å². The van der Waals surface area contributed by atoms with Crippen molar-refractivity contribution in [2.75, 3.05) is 0 Å². The van der Waals surface area contributed by atoms with Crippen molar-refractivity contribution >= 4 is 66.2 Å². The van der Waals surface area contributed by atoms with Gasteiger partial charge in [-0.2, -0.15) is 0 Å². The second-order valence-electron chi connectivity index (χ2n) is 12.2. The number of aromatic nitrogens is 1. The van der Waals surface area contributed by atoms with Crippen molar-refractivity contribution in [2.45, 2.75) is 6.17 Å². The number of hydrogen-bond donors (Lipinski definition) is 1. The maximum atomic E-state index is 6.67. The molecule has 0 saturated heterocycles. The van der Waals surface area contributed by atoms with E-state index in [4.69, 9.17) is 14.4 Å². The lowest BCUT2D eigenvalue weighted by molar-refractivity contribution is 0.673. The molecule has 7 aromatic carbocycles. The molecule has 1 aliphatic rings. The Morgan fingerprint density at radius 3 is 1.98 bits per heavy atom. The van der Waals surface area contributed by atoms with Gasteiger partial charge in [-0.1, -0.05) is 121 Å². The van der Waals surface area contributed by atoms with Crippen LogP contribution in [0.2, 0.25) is 0 Å². The van der Waals surface area contributed by atoms with Crippen molar-refractivity contribution in [1.29, 1.82) is 0 Å². The van der Waals surface area contributed by atoms with Crippen LogP contribution < -0.4 is 5.32 Å². The first-order chi connectivity index (χ1) is 23.8. The fourth-order valence-corrected chi connectivity index (χ4v) is 7.28. The number of aliphatic imine (C=N–C) groups is 2. The average Bonchev–Trinajstić information content (AvgIpc) is 3.72. The molecule has 1 unspecified atom stereocenters. The van der Waals surface area contributed by atoms with Crippen LogP contribution in [0.5, 0.6) is 0 Å². The summed E-state index contributed by atoms with van der Waals surface area (Å²) in [6.07, 6.45) is -0.247. The maximum Gasteiger partial charge on any atom is 0.159 e. The van der Waals surface area contributed by atoms with Crippen LogP contribution in [-0.4, -0.2) is 16.2 Å². The smallest absolute Gasteiger partial charge is 0.159 e. The molecular weight excluding hydrogens is 589 g/mol. The summed E-state index contributed by atoms with van der Waals surface area (Å²) < 4.78 is 9.05. The van der Waals surface area contributed by atoms with E-state index in [1.54, 1.807) is 0 Å². The van der Waals surface area contributed by atoms with E-state index >= 15 is 0 Å². The molecule has 1 aliphatic heterocycles. The Morgan fingerprint density at radius 2 is 1.19 bits per heavy atom. The van der Waals surface area contributed by atoms with E-state index in [1.165, 1.54) is 10.8 Å². The highest BCUT2D eigenvalue weighted by Crippen LogP contribution is 2.45. The third kappa shape index (κ3) is 4.04. The van der Waals surface area contributed by atoms with Gasteiger partial charge in [0.2, 0.25) is 0 Å². The van der Waals surface area contributed by atoms with Gasteiger partial charge in [-0.3, -0.25) is 0 Å². The molecule has 9 aromatic rings. The van der Waals surface area contributed by atoms with Gasteiger partial charge in [-0.25, -0.2) is 9.98 Å². The quantitative estimate of drug-likeness (QED) is 0.214. The third-order valence-corrected chi connectivity index (χ3v) is 9.44. The van der Waals surface area contributed by atoms with Crippen molar-refractivity contribution < 1.29 is 4.42 Å². The number of amidine groups is 2. The first-order valence-electron chi connectivity index (χ1n) is 16.2. The van der Waals surface area contributed by atoms with Gasteiger partial charge < -0.3 is 14.3 Å². The minimum atomic E-state index is -0.247. The number of nitrogens with zero attached hydrogens (tertiary/aromatic N) is 3. The molecule has 1 atom stereocenters. The van der Waals surface area contributed by atoms with Gasteiger partial charge in [0.1, 0.15) is 23.2 Å². The van der Waals surface area contributed by atoms with E-state index in [9.17, 15) is 0 Å². The van der Waals surface area contributed by atoms with E-state index in [0.29, 0.717) is 5.84 Å². The molecule has 1 N–H and O–H groups in total. The number of hydrogen-bond acceptors (Lipinski definition) is 4. The summed E-state index contributed by atoms with van der Waals surface area (Å²) in [6.45, 7) is 0. The van der Waals surface area contributed by atoms with Crippen LogP contribution in [-0.2, 0) is 0 Å². The van der Waals surface area contributed by atoms with Crippen molar-refractivity contribution in [3.8, 4) is 5.69 Å². The topological polar surface area (TPSA) is 54.8 Å². The Hall–Kier alpha value is -6.46. The summed E-state index contributed by atoms with van der Waals surface area (Å²) in [5.74, 6) is 1.51. The van der Waals surface area contributed by atoms with Crippen LogP contribution in [0.25, 0.3) is 60.2 Å². The van der Waals surface area contributed by atoms with Crippen LogP contribution >= 0.6 is 0 Å². The van der Waals surface area contributed by atoms with Crippen LogP contribution in [0.3, 0.4) is 0 Å². The van der Waals surface area contributed by atoms with Gasteiger partial charge in [0.15, 0.2) is 5.84 Å². The first kappa shape index (κ1) is 26.7. The number of fused-ring (bicyclic) bond motifs is 10. The number of benzene rings is 7. The molecule has 0 spiro atoms. The molecule has 48 heavy (non-hydrogen) atoms. The normalized spacial score (nSPS) is 14.9. The summed E-state index contributed by atoms with van der Waals surface area (Å²) in [6, 6.07) is 54.8. The molecule has 0 bridgehead atoms. The predicted molar refractivity (Wildman–Crippen MR) is 197 cm³/mol. The Morgan fingerprint density at radius 1 is 0.542 bits per heavy atom. The lowest BCUT2D eigenvalue weighted by Gasteiger charge is -2.23. The standard InChI is InChI=1S/C43H28N4O/c1-3-13-27(14-4-1)41-44-42(28-15-5-2-6-16-28)46-43(45-41)29-23-25-30(26-24-29)47-35-21-11-9-19-33(35)38-39(47)32-18-8-7-17-31(32)37-34-20-10-12-22-36(34)48-40(37)38/h1-26,41H,(H,44,45,46). The number of rotatable bonds is 4. The van der Waals surface area contributed by atoms with Crippen molar-refractivity contribution in [2.24, 2.45) is 9.98 Å². The molecular formula is C43H28N4O. The zero-order chi connectivity index (χ0) is 31.6. The van der Waals surface area contributed by atoms with Crippen LogP contribution in [0.1, 0.15) is 22.9 Å². The highest BCUT2D eigenvalue weighted by atomic mass is 16.3. The van der Waals surface area contributed by atoms with Crippen LogP contribution in [0, 0.1) is 0 Å². The van der Waals surface area contributed by atoms with Gasteiger partial charge in [-0.05, 0) is 47.3 Å². The summed E-state index contributed by atoms with van der Waals surface area (Å²) >= 11 is 0. The summed E-state index contributed by atoms with van der Waals surface area (Å²) in [7, 11) is 0. The maximum absolute atomic E-state index is 6.67. The van der Waals surface area contributed by atoms with E-state index in [2.05, 4.69) is 125 Å². The molecule has 0 saturated carbocycles. The number of nitrogens with one attached hydrogen (secondary N) is 1. The minimum Gasteiger partial charge on any atom is -0.455 e. The van der Waals surface area contributed by atoms with Crippen molar-refractivity contribution in [1.82, 2.24) is 9.88 Å². The number of furan rings is 1. The minimum absolute atomic E-state index is 0.247. The molecule has 10 rings (SSSR count). The molecule has 0 aliphatic carbocycles. The Bertz CT molecular complexity index is 2740. The fraction of sp³-hybridized carbons (Fsp3) is 0.0233. The van der Waals surface area contributed by atoms with Gasteiger partial charge in [0, 0.05) is 38.4 Å². The number of para-hydroxylation sites is 2. The molecule has 0 amide bonds. The molecule has 5 heteroatoms. The summed E-state index contributed by atoms with van der Waals surface area (Å²) in [4.78, 5) is 10.1. The average molecular weight is 617 g/mol. The predicted octanol–water partition coefficient (Wildman–Crippen LogP) is 10.3. The first-order valence-corrected chi connectivity index (χ1v) is 16.2. The Balaban J connectivity index is 1.18. The zero-order valence-corrected chi connectivity index (χ0v) is 25.8. The van der Waals surface area contributed by atoms with Crippen LogP contribution in [0.15, 0.2) is 172 Å². The summed E-state index contributed by atoms with van der Waals surface area (Å²) in [5.41, 5.74) is 8.23. The monoisotopic (exact) mass is 616 g/mol.